The summed E-state index contributed by atoms with van der Waals surface area (Å²) in [6, 6.07) is -1.12. The fourth-order valence-electron chi connectivity index (χ4n) is 9.33. The lowest BCUT2D eigenvalue weighted by Crippen LogP contribution is -2.48. The van der Waals surface area contributed by atoms with Crippen molar-refractivity contribution in [2.75, 3.05) is 36.8 Å². The summed E-state index contributed by atoms with van der Waals surface area (Å²) in [5.74, 6) is 0.975. The van der Waals surface area contributed by atoms with Crippen LogP contribution < -0.4 is 10.6 Å². The van der Waals surface area contributed by atoms with E-state index in [0.717, 1.165) is 25.7 Å². The minimum atomic E-state index is -1.17. The molecule has 4 fully saturated rings. The van der Waals surface area contributed by atoms with Gasteiger partial charge in [0.25, 0.3) is 0 Å². The van der Waals surface area contributed by atoms with Crippen LogP contribution in [0.15, 0.2) is 25.0 Å². The molecule has 10 rings (SSSR count). The number of urea groups is 1. The number of carbonyl (C=O) groups is 1. The summed E-state index contributed by atoms with van der Waals surface area (Å²) in [4.78, 5) is 47.7. The molecule has 6 N–H and O–H groups in total. The summed E-state index contributed by atoms with van der Waals surface area (Å²) in [5, 5.41) is 65.0. The molecule has 4 aliphatic rings. The lowest BCUT2D eigenvalue weighted by Gasteiger charge is -2.35. The Labute approximate surface area is 356 Å². The zero-order valence-electron chi connectivity index (χ0n) is 32.7. The van der Waals surface area contributed by atoms with Gasteiger partial charge in [-0.1, -0.05) is 0 Å². The maximum Gasteiger partial charge on any atom is 0.320 e. The highest BCUT2D eigenvalue weighted by atomic mass is 35.5. The van der Waals surface area contributed by atoms with Crippen molar-refractivity contribution in [3.63, 3.8) is 0 Å². The molecule has 25 heteroatoms. The van der Waals surface area contributed by atoms with E-state index in [4.69, 9.17) is 23.2 Å². The van der Waals surface area contributed by atoms with E-state index in [1.165, 1.54) is 11.0 Å². The largest absolute Gasteiger partial charge is 0.390 e. The van der Waals surface area contributed by atoms with Gasteiger partial charge >= 0.3 is 6.03 Å². The number of likely N-dealkylation sites (tertiary alicyclic amines) is 2. The number of piperidine rings is 1. The van der Waals surface area contributed by atoms with Gasteiger partial charge in [-0.2, -0.15) is 49.9 Å². The molecule has 2 saturated carbocycles. The van der Waals surface area contributed by atoms with E-state index < -0.39 is 24.3 Å². The highest BCUT2D eigenvalue weighted by Gasteiger charge is 2.45. The van der Waals surface area contributed by atoms with Gasteiger partial charge in [-0.05, 0) is 68.1 Å². The molecule has 0 aromatic carbocycles. The number of aliphatic hydroxyl groups is 4. The standard InChI is InChI=1S/C36H44Cl2N18O5/c37-34-46-31(26-32(47-34)53(16-39-26)22-1-2-23(9-22)55-41-11-20(14-57)49-55)44-19-5-8-52(13-19)36(61)51-6-3-18(4-7-51)43-30-27-33(48-35(38)45-30)54(17-40-27)24-10-25(29(60)28(24)59)56-42-12-21(15-58)50-56/h11-12,16-19,22-25,28-29,57-60H,1-10,13-15H2,(H,43,45,48)(H,44,46,47)/t19-,22+,23-,24-,25+,28+,29-/m1/s1. The van der Waals surface area contributed by atoms with Crippen LogP contribution in [0.1, 0.15) is 80.5 Å². The van der Waals surface area contributed by atoms with E-state index in [-0.39, 0.29) is 60.4 Å². The molecule has 2 amide bonds. The second-order valence-corrected chi connectivity index (χ2v) is 16.9. The number of anilines is 2. The van der Waals surface area contributed by atoms with Gasteiger partial charge in [0.15, 0.2) is 34.0 Å². The van der Waals surface area contributed by atoms with Crippen molar-refractivity contribution in [2.45, 2.75) is 107 Å². The number of fused-ring (bicyclic) bond motifs is 2. The maximum absolute atomic E-state index is 13.8. The minimum absolute atomic E-state index is 0.00422. The first kappa shape index (κ1) is 39.8. The van der Waals surface area contributed by atoms with Gasteiger partial charge in [-0.15, -0.1) is 0 Å². The maximum atomic E-state index is 13.8. The number of carbonyl (C=O) groups excluding carboxylic acids is 1. The Balaban J connectivity index is 0.749. The summed E-state index contributed by atoms with van der Waals surface area (Å²) in [7, 11) is 0. The van der Waals surface area contributed by atoms with Crippen LogP contribution in [-0.2, 0) is 13.2 Å². The molecule has 2 aliphatic carbocycles. The second kappa shape index (κ2) is 16.2. The monoisotopic (exact) mass is 878 g/mol. The number of aliphatic hydroxyl groups excluding tert-OH is 4. The van der Waals surface area contributed by atoms with Gasteiger partial charge in [0.1, 0.15) is 29.6 Å². The number of halogens is 2. The van der Waals surface area contributed by atoms with E-state index in [9.17, 15) is 25.2 Å². The SMILES string of the molecule is O=C(N1CCC(Nc2nc(Cl)nc3c2ncn3[C@@H]2C[C@H](n3ncc(CO)n3)[C@@H](O)[C@H]2O)CC1)N1CC[C@@H](Nc2nc(Cl)nc3c2ncn3[C@H]2CC[C@@H](n3ncc(CO)n3)C2)C1. The molecule has 2 saturated heterocycles. The van der Waals surface area contributed by atoms with E-state index in [0.29, 0.717) is 84.4 Å². The third-order valence-corrected chi connectivity index (χ3v) is 12.8. The number of imidazole rings is 2. The molecule has 7 atom stereocenters. The van der Waals surface area contributed by atoms with Gasteiger partial charge in [-0.3, -0.25) is 0 Å². The van der Waals surface area contributed by atoms with E-state index in [2.05, 4.69) is 60.9 Å². The Hall–Kier alpha value is -5.33. The summed E-state index contributed by atoms with van der Waals surface area (Å²) in [6.45, 7) is 1.72. The number of nitrogens with one attached hydrogen (secondary N) is 2. The first-order valence-corrected chi connectivity index (χ1v) is 21.2. The van der Waals surface area contributed by atoms with Crippen LogP contribution >= 0.6 is 23.2 Å². The van der Waals surface area contributed by atoms with Crippen molar-refractivity contribution >= 4 is 63.2 Å². The molecule has 6 aromatic rings. The summed E-state index contributed by atoms with van der Waals surface area (Å²) < 4.78 is 3.73. The molecule has 23 nitrogen and oxygen atoms in total. The molecule has 0 spiro atoms. The van der Waals surface area contributed by atoms with Crippen LogP contribution in [0.5, 0.6) is 0 Å². The first-order valence-electron chi connectivity index (χ1n) is 20.4. The predicted octanol–water partition coefficient (Wildman–Crippen LogP) is 1.50. The van der Waals surface area contributed by atoms with Crippen molar-refractivity contribution in [1.82, 2.24) is 78.8 Å². The van der Waals surface area contributed by atoms with Gasteiger partial charge < -0.3 is 50.0 Å². The summed E-state index contributed by atoms with van der Waals surface area (Å²) in [6.07, 6.45) is 8.88. The van der Waals surface area contributed by atoms with Crippen molar-refractivity contribution in [3.05, 3.63) is 47.0 Å². The number of hydrogen-bond donors (Lipinski definition) is 6. The lowest BCUT2D eigenvalue weighted by molar-refractivity contribution is 0.00491. The molecule has 8 heterocycles. The molecule has 322 valence electrons. The van der Waals surface area contributed by atoms with Crippen molar-refractivity contribution in [1.29, 1.82) is 0 Å². The Bertz CT molecular complexity index is 2560. The molecule has 0 unspecified atom stereocenters. The molecule has 0 radical (unpaired) electrons. The number of hydrogen-bond acceptors (Lipinski definition) is 17. The topological polar surface area (TPSA) is 277 Å². The average Bonchev–Trinajstić information content (AvgIpc) is 4.12. The summed E-state index contributed by atoms with van der Waals surface area (Å²) >= 11 is 12.9. The van der Waals surface area contributed by atoms with Crippen LogP contribution in [-0.4, -0.2) is 156 Å². The smallest absolute Gasteiger partial charge is 0.320 e. The number of amides is 2. The van der Waals surface area contributed by atoms with Gasteiger partial charge in [0, 0.05) is 44.3 Å². The zero-order valence-corrected chi connectivity index (χ0v) is 34.2. The highest BCUT2D eigenvalue weighted by Crippen LogP contribution is 2.41. The molecule has 2 aliphatic heterocycles. The molecule has 6 aromatic heterocycles. The van der Waals surface area contributed by atoms with E-state index in [1.54, 1.807) is 28.2 Å². The van der Waals surface area contributed by atoms with Gasteiger partial charge in [0.05, 0.1) is 50.3 Å². The zero-order chi connectivity index (χ0) is 41.9. The molecular weight excluding hydrogens is 835 g/mol. The minimum Gasteiger partial charge on any atom is -0.390 e. The normalized spacial score (nSPS) is 26.0. The second-order valence-electron chi connectivity index (χ2n) is 16.2. The van der Waals surface area contributed by atoms with Crippen LogP contribution in [0.25, 0.3) is 22.3 Å². The van der Waals surface area contributed by atoms with E-state index >= 15 is 0 Å². The Morgan fingerprint density at radius 1 is 0.672 bits per heavy atom. The quantitative estimate of drug-likeness (QED) is 0.106. The number of nitrogens with zero attached hydrogens (tertiary/aromatic N) is 16. The molecule has 0 bridgehead atoms. The Morgan fingerprint density at radius 2 is 1.23 bits per heavy atom. The van der Waals surface area contributed by atoms with Gasteiger partial charge in [-0.25, -0.2) is 14.8 Å². The first-order chi connectivity index (χ1) is 29.6. The fourth-order valence-corrected chi connectivity index (χ4v) is 9.66. The van der Waals surface area contributed by atoms with Crippen molar-refractivity contribution in [3.8, 4) is 0 Å². The van der Waals surface area contributed by atoms with Crippen LogP contribution in [0.2, 0.25) is 10.6 Å². The van der Waals surface area contributed by atoms with E-state index in [1.807, 2.05) is 14.4 Å². The van der Waals surface area contributed by atoms with Crippen molar-refractivity contribution < 1.29 is 25.2 Å². The molecular formula is C36H44Cl2N18O5. The third kappa shape index (κ3) is 7.45. The average molecular weight is 880 g/mol. The summed E-state index contributed by atoms with van der Waals surface area (Å²) in [5.41, 5.74) is 3.02. The lowest BCUT2D eigenvalue weighted by atomic mass is 10.1. The fraction of sp³-hybridized carbons (Fsp3) is 0.583. The van der Waals surface area contributed by atoms with Crippen molar-refractivity contribution in [2.24, 2.45) is 0 Å². The van der Waals surface area contributed by atoms with Crippen LogP contribution in [0.4, 0.5) is 16.4 Å². The van der Waals surface area contributed by atoms with Crippen LogP contribution in [0, 0.1) is 0 Å². The van der Waals surface area contributed by atoms with Gasteiger partial charge in [0.2, 0.25) is 10.6 Å². The molecule has 61 heavy (non-hydrogen) atoms. The third-order valence-electron chi connectivity index (χ3n) is 12.5. The Kier molecular flexibility index (Phi) is 10.5. The predicted molar refractivity (Wildman–Crippen MR) is 216 cm³/mol. The number of aromatic nitrogens is 14. The van der Waals surface area contributed by atoms with Crippen LogP contribution in [0.3, 0.4) is 0 Å². The highest BCUT2D eigenvalue weighted by molar-refractivity contribution is 6.29. The number of rotatable bonds is 10. The Morgan fingerprint density at radius 3 is 1.90 bits per heavy atom.